The Hall–Kier alpha value is -3.03. The van der Waals surface area contributed by atoms with Crippen LogP contribution in [-0.2, 0) is 19.7 Å². The summed E-state index contributed by atoms with van der Waals surface area (Å²) in [6.07, 6.45) is 2.87. The fourth-order valence-electron chi connectivity index (χ4n) is 5.66. The van der Waals surface area contributed by atoms with Gasteiger partial charge in [-0.05, 0) is 59.2 Å². The van der Waals surface area contributed by atoms with Gasteiger partial charge in [0.15, 0.2) is 0 Å². The van der Waals surface area contributed by atoms with Crippen LogP contribution < -0.4 is 15.4 Å². The van der Waals surface area contributed by atoms with E-state index in [9.17, 15) is 9.59 Å². The van der Waals surface area contributed by atoms with Crippen molar-refractivity contribution < 1.29 is 19.1 Å². The highest BCUT2D eigenvalue weighted by Crippen LogP contribution is 2.57. The number of nitrogens with one attached hydrogen (secondary N) is 2. The molecule has 3 aromatic rings. The average Bonchev–Trinajstić information content (AvgIpc) is 3.18. The van der Waals surface area contributed by atoms with Crippen molar-refractivity contribution in [1.29, 1.82) is 0 Å². The summed E-state index contributed by atoms with van der Waals surface area (Å²) >= 11 is 19.2. The number of hydrogen-bond acceptors (Lipinski definition) is 4. The fraction of sp³-hybridized carbons (Fsp3) is 0.241. The van der Waals surface area contributed by atoms with Gasteiger partial charge >= 0.3 is 0 Å². The van der Waals surface area contributed by atoms with E-state index in [1.165, 1.54) is 6.08 Å². The van der Waals surface area contributed by atoms with Crippen molar-refractivity contribution in [2.75, 3.05) is 18.5 Å². The second-order valence-corrected chi connectivity index (χ2v) is 10.9. The molecule has 3 aliphatic rings. The monoisotopic (exact) mass is 568 g/mol. The minimum Gasteiger partial charge on any atom is -0.490 e. The molecule has 0 aliphatic carbocycles. The number of benzene rings is 3. The van der Waals surface area contributed by atoms with E-state index in [0.29, 0.717) is 62.0 Å². The van der Waals surface area contributed by atoms with E-state index < -0.39 is 11.5 Å². The van der Waals surface area contributed by atoms with Crippen molar-refractivity contribution in [3.8, 4) is 5.75 Å². The van der Waals surface area contributed by atoms with Gasteiger partial charge in [-0.15, -0.1) is 0 Å². The van der Waals surface area contributed by atoms with E-state index in [1.54, 1.807) is 48.5 Å². The third kappa shape index (κ3) is 4.26. The molecule has 0 aromatic heterocycles. The van der Waals surface area contributed by atoms with Gasteiger partial charge in [0, 0.05) is 45.2 Å². The average molecular weight is 570 g/mol. The van der Waals surface area contributed by atoms with Crippen LogP contribution in [0.15, 0.2) is 66.7 Å². The number of fused-ring (bicyclic) bond motifs is 2. The van der Waals surface area contributed by atoms with Crippen LogP contribution in [0.25, 0.3) is 5.57 Å². The molecule has 2 amide bonds. The highest BCUT2D eigenvalue weighted by molar-refractivity contribution is 6.32. The van der Waals surface area contributed by atoms with Crippen molar-refractivity contribution in [1.82, 2.24) is 5.32 Å². The zero-order chi connectivity index (χ0) is 26.4. The lowest BCUT2D eigenvalue weighted by molar-refractivity contribution is -0.122. The first-order valence-corrected chi connectivity index (χ1v) is 13.4. The maximum absolute atomic E-state index is 14.2. The van der Waals surface area contributed by atoms with Crippen LogP contribution in [0.5, 0.6) is 5.75 Å². The number of rotatable bonds is 4. The molecule has 194 valence electrons. The fourth-order valence-corrected chi connectivity index (χ4v) is 6.20. The summed E-state index contributed by atoms with van der Waals surface area (Å²) in [5.41, 5.74) is 1.68. The molecule has 3 aromatic carbocycles. The first-order chi connectivity index (χ1) is 18.4. The molecule has 1 saturated heterocycles. The molecule has 3 aliphatic heterocycles. The van der Waals surface area contributed by atoms with E-state index in [2.05, 4.69) is 10.6 Å². The van der Waals surface area contributed by atoms with E-state index in [0.717, 1.165) is 12.8 Å². The van der Waals surface area contributed by atoms with Gasteiger partial charge in [-0.3, -0.25) is 9.59 Å². The van der Waals surface area contributed by atoms with Crippen molar-refractivity contribution >= 4 is 57.9 Å². The van der Waals surface area contributed by atoms with Gasteiger partial charge < -0.3 is 20.1 Å². The SMILES string of the molecule is O=C1C=C(c2cccc(Cl)c2)C2(C(=O)Nc3cc(Cl)ccc32)C(c2cc(Cl)ccc2OC2CCOCC2)N1. The van der Waals surface area contributed by atoms with Crippen molar-refractivity contribution in [2.45, 2.75) is 30.4 Å². The first kappa shape index (κ1) is 25.3. The topological polar surface area (TPSA) is 76.7 Å². The number of carbonyl (C=O) groups excluding carboxylic acids is 2. The van der Waals surface area contributed by atoms with Crippen LogP contribution in [0.2, 0.25) is 15.1 Å². The number of amides is 2. The van der Waals surface area contributed by atoms with E-state index in [-0.39, 0.29) is 17.9 Å². The van der Waals surface area contributed by atoms with Crippen molar-refractivity contribution in [2.24, 2.45) is 0 Å². The minimum atomic E-state index is -1.35. The maximum Gasteiger partial charge on any atom is 0.244 e. The van der Waals surface area contributed by atoms with Gasteiger partial charge in [0.1, 0.15) is 17.3 Å². The zero-order valence-electron chi connectivity index (χ0n) is 20.1. The molecule has 6 nitrogen and oxygen atoms in total. The molecule has 38 heavy (non-hydrogen) atoms. The van der Waals surface area contributed by atoms with Crippen LogP contribution in [0.3, 0.4) is 0 Å². The molecule has 3 heterocycles. The Morgan fingerprint density at radius 3 is 2.42 bits per heavy atom. The standard InChI is InChI=1S/C29H23Cl3N2O4/c30-17-3-1-2-16(12-17)23-15-26(35)34-27(29(23)22-6-4-19(32)14-24(22)33-28(29)36)21-13-18(31)5-7-25(21)38-20-8-10-37-11-9-20/h1-7,12-15,20,27H,8-11H2,(H,33,36)(H,34,35). The Morgan fingerprint density at radius 2 is 1.63 bits per heavy atom. The van der Waals surface area contributed by atoms with Gasteiger partial charge in [-0.25, -0.2) is 0 Å². The molecule has 1 spiro atoms. The second-order valence-electron chi connectivity index (χ2n) is 9.57. The zero-order valence-corrected chi connectivity index (χ0v) is 22.4. The molecule has 2 atom stereocenters. The van der Waals surface area contributed by atoms with Crippen LogP contribution in [0.1, 0.15) is 35.6 Å². The highest BCUT2D eigenvalue weighted by Gasteiger charge is 2.58. The summed E-state index contributed by atoms with van der Waals surface area (Å²) in [6, 6.07) is 16.9. The molecule has 0 bridgehead atoms. The normalized spacial score (nSPS) is 23.0. The molecule has 2 unspecified atom stereocenters. The quantitative estimate of drug-likeness (QED) is 0.384. The maximum atomic E-state index is 14.2. The van der Waals surface area contributed by atoms with Crippen LogP contribution >= 0.6 is 34.8 Å². The minimum absolute atomic E-state index is 0.0645. The third-order valence-corrected chi connectivity index (χ3v) is 8.02. The summed E-state index contributed by atoms with van der Waals surface area (Å²) in [7, 11) is 0. The second kappa shape index (κ2) is 9.93. The smallest absolute Gasteiger partial charge is 0.244 e. The predicted octanol–water partition coefficient (Wildman–Crippen LogP) is 6.35. The lowest BCUT2D eigenvalue weighted by Gasteiger charge is -2.42. The van der Waals surface area contributed by atoms with Crippen LogP contribution in [-0.4, -0.2) is 31.1 Å². The Labute approximate surface area is 234 Å². The Kier molecular flexibility index (Phi) is 6.60. The van der Waals surface area contributed by atoms with Gasteiger partial charge in [0.05, 0.1) is 19.3 Å². The summed E-state index contributed by atoms with van der Waals surface area (Å²) < 4.78 is 11.9. The molecule has 0 radical (unpaired) electrons. The molecule has 1 fully saturated rings. The molecule has 0 saturated carbocycles. The van der Waals surface area contributed by atoms with Crippen molar-refractivity contribution in [3.05, 3.63) is 98.5 Å². The Bertz CT molecular complexity index is 1480. The summed E-state index contributed by atoms with van der Waals surface area (Å²) in [5.74, 6) is -0.0978. The summed E-state index contributed by atoms with van der Waals surface area (Å²) in [5, 5.41) is 7.50. The van der Waals surface area contributed by atoms with Crippen LogP contribution in [0.4, 0.5) is 5.69 Å². The summed E-state index contributed by atoms with van der Waals surface area (Å²) in [6.45, 7) is 1.21. The van der Waals surface area contributed by atoms with E-state index in [4.69, 9.17) is 44.3 Å². The van der Waals surface area contributed by atoms with Gasteiger partial charge in [-0.2, -0.15) is 0 Å². The third-order valence-electron chi connectivity index (χ3n) is 7.31. The molecule has 6 rings (SSSR count). The van der Waals surface area contributed by atoms with Crippen molar-refractivity contribution in [3.63, 3.8) is 0 Å². The molecule has 2 N–H and O–H groups in total. The van der Waals surface area contributed by atoms with E-state index >= 15 is 0 Å². The largest absolute Gasteiger partial charge is 0.490 e. The lowest BCUT2D eigenvalue weighted by Crippen LogP contribution is -2.52. The van der Waals surface area contributed by atoms with E-state index in [1.807, 2.05) is 12.1 Å². The number of anilines is 1. The molecular formula is C29H23Cl3N2O4. The first-order valence-electron chi connectivity index (χ1n) is 12.3. The predicted molar refractivity (Wildman–Crippen MR) is 148 cm³/mol. The number of halogens is 3. The van der Waals surface area contributed by atoms with Gasteiger partial charge in [0.25, 0.3) is 0 Å². The lowest BCUT2D eigenvalue weighted by atomic mass is 9.64. The molecular weight excluding hydrogens is 547 g/mol. The summed E-state index contributed by atoms with van der Waals surface area (Å²) in [4.78, 5) is 27.4. The Morgan fingerprint density at radius 1 is 0.895 bits per heavy atom. The Balaban J connectivity index is 1.59. The number of ether oxygens (including phenoxy) is 2. The highest BCUT2D eigenvalue weighted by atomic mass is 35.5. The molecule has 9 heteroatoms. The number of carbonyl (C=O) groups is 2. The van der Waals surface area contributed by atoms with Gasteiger partial charge in [0.2, 0.25) is 11.8 Å². The van der Waals surface area contributed by atoms with Crippen LogP contribution in [0, 0.1) is 0 Å². The number of hydrogen-bond donors (Lipinski definition) is 2. The van der Waals surface area contributed by atoms with Gasteiger partial charge in [-0.1, -0.05) is 53.0 Å².